The third-order valence-electron chi connectivity index (χ3n) is 2.47. The Labute approximate surface area is 73.2 Å². The van der Waals surface area contributed by atoms with Crippen molar-refractivity contribution < 1.29 is 0 Å². The van der Waals surface area contributed by atoms with E-state index in [2.05, 4.69) is 36.6 Å². The number of hydrogen-bond donors (Lipinski definition) is 0. The first-order valence-electron chi connectivity index (χ1n) is 4.35. The summed E-state index contributed by atoms with van der Waals surface area (Å²) >= 11 is 0. The molecule has 0 radical (unpaired) electrons. The second-order valence-corrected chi connectivity index (χ2v) is 3.23. The monoisotopic (exact) mass is 156 g/mol. The maximum absolute atomic E-state index is 3.70. The van der Waals surface area contributed by atoms with Gasteiger partial charge in [-0.15, -0.1) is 5.73 Å². The maximum Gasteiger partial charge on any atom is 0.00118 e. The quantitative estimate of drug-likeness (QED) is 0.507. The van der Waals surface area contributed by atoms with Crippen LogP contribution in [0.4, 0.5) is 0 Å². The third kappa shape index (κ3) is 1.22. The second kappa shape index (κ2) is 3.00. The molecule has 0 saturated carbocycles. The first-order valence-corrected chi connectivity index (χ1v) is 4.35. The second-order valence-electron chi connectivity index (χ2n) is 3.23. The highest BCUT2D eigenvalue weighted by atomic mass is 14.1. The Hall–Kier alpha value is -1.26. The third-order valence-corrected chi connectivity index (χ3v) is 2.47. The van der Waals surface area contributed by atoms with E-state index in [9.17, 15) is 0 Å². The summed E-state index contributed by atoms with van der Waals surface area (Å²) < 4.78 is 0. The number of allylic oxidation sites excluding steroid dienone is 1. The van der Waals surface area contributed by atoms with Crippen molar-refractivity contribution in [2.45, 2.75) is 19.3 Å². The molecular weight excluding hydrogens is 144 g/mol. The van der Waals surface area contributed by atoms with Gasteiger partial charge < -0.3 is 0 Å². The first-order chi connectivity index (χ1) is 5.90. The minimum Gasteiger partial charge on any atom is -0.129 e. The van der Waals surface area contributed by atoms with Gasteiger partial charge in [0.15, 0.2) is 0 Å². The molecule has 0 aromatic heterocycles. The summed E-state index contributed by atoms with van der Waals surface area (Å²) in [5, 5.41) is 0. The molecule has 0 N–H and O–H groups in total. The van der Waals surface area contributed by atoms with Crippen molar-refractivity contribution in [3.05, 3.63) is 53.3 Å². The molecule has 0 amide bonds. The average Bonchev–Trinajstić information content (AvgIpc) is 2.17. The summed E-state index contributed by atoms with van der Waals surface area (Å²) in [6.07, 6.45) is 3.36. The minimum atomic E-state index is 1.06. The van der Waals surface area contributed by atoms with Gasteiger partial charge in [0, 0.05) is 6.42 Å². The van der Waals surface area contributed by atoms with Crippen LogP contribution in [0, 0.1) is 0 Å². The molecule has 1 aliphatic rings. The van der Waals surface area contributed by atoms with E-state index < -0.39 is 0 Å². The molecule has 0 unspecified atom stereocenters. The summed E-state index contributed by atoms with van der Waals surface area (Å²) in [7, 11) is 0. The normalized spacial score (nSPS) is 15.2. The van der Waals surface area contributed by atoms with Gasteiger partial charge in [0.1, 0.15) is 0 Å². The first kappa shape index (κ1) is 7.39. The zero-order chi connectivity index (χ0) is 8.39. The Kier molecular flexibility index (Phi) is 1.85. The molecule has 0 bridgehead atoms. The fraction of sp³-hybridized carbons (Fsp3) is 0.250. The predicted octanol–water partition coefficient (Wildman–Crippen LogP) is 2.89. The van der Waals surface area contributed by atoms with E-state index in [1.54, 1.807) is 0 Å². The van der Waals surface area contributed by atoms with Crippen molar-refractivity contribution in [1.82, 2.24) is 0 Å². The molecule has 1 aliphatic carbocycles. The number of benzene rings is 1. The van der Waals surface area contributed by atoms with Crippen LogP contribution in [0.2, 0.25) is 0 Å². The summed E-state index contributed by atoms with van der Waals surface area (Å²) in [5.41, 5.74) is 7.32. The Morgan fingerprint density at radius 1 is 1.08 bits per heavy atom. The number of hydrogen-bond acceptors (Lipinski definition) is 0. The van der Waals surface area contributed by atoms with Crippen molar-refractivity contribution in [2.75, 3.05) is 0 Å². The largest absolute Gasteiger partial charge is 0.129 e. The van der Waals surface area contributed by atoms with Crippen molar-refractivity contribution in [3.8, 4) is 0 Å². The predicted molar refractivity (Wildman–Crippen MR) is 51.1 cm³/mol. The molecule has 1 aromatic carbocycles. The topological polar surface area (TPSA) is 0 Å². The SMILES string of the molecule is C=C=C1CCc2ccccc2C1. The van der Waals surface area contributed by atoms with Crippen LogP contribution in [-0.4, -0.2) is 0 Å². The van der Waals surface area contributed by atoms with Crippen LogP contribution in [0.5, 0.6) is 0 Å². The van der Waals surface area contributed by atoms with Crippen LogP contribution < -0.4 is 0 Å². The lowest BCUT2D eigenvalue weighted by Gasteiger charge is -2.16. The van der Waals surface area contributed by atoms with E-state index in [1.165, 1.54) is 16.7 Å². The summed E-state index contributed by atoms with van der Waals surface area (Å²) in [5.74, 6) is 0. The van der Waals surface area contributed by atoms with Gasteiger partial charge in [0.25, 0.3) is 0 Å². The summed E-state index contributed by atoms with van der Waals surface area (Å²) in [4.78, 5) is 0. The summed E-state index contributed by atoms with van der Waals surface area (Å²) in [6.45, 7) is 3.70. The van der Waals surface area contributed by atoms with Crippen LogP contribution in [0.15, 0.2) is 42.1 Å². The van der Waals surface area contributed by atoms with E-state index in [-0.39, 0.29) is 0 Å². The average molecular weight is 156 g/mol. The van der Waals surface area contributed by atoms with Gasteiger partial charge in [0.05, 0.1) is 0 Å². The molecule has 12 heavy (non-hydrogen) atoms. The molecular formula is C12H12. The fourth-order valence-electron chi connectivity index (χ4n) is 1.73. The van der Waals surface area contributed by atoms with Gasteiger partial charge >= 0.3 is 0 Å². The lowest BCUT2D eigenvalue weighted by Crippen LogP contribution is -2.04. The van der Waals surface area contributed by atoms with Crippen LogP contribution in [0.1, 0.15) is 17.5 Å². The van der Waals surface area contributed by atoms with Gasteiger partial charge in [0.2, 0.25) is 0 Å². The van der Waals surface area contributed by atoms with E-state index in [0.29, 0.717) is 0 Å². The molecule has 1 aromatic rings. The van der Waals surface area contributed by atoms with Crippen LogP contribution in [-0.2, 0) is 12.8 Å². The van der Waals surface area contributed by atoms with Crippen LogP contribution in [0.25, 0.3) is 0 Å². The van der Waals surface area contributed by atoms with E-state index in [0.717, 1.165) is 19.3 Å². The smallest absolute Gasteiger partial charge is 0.00118 e. The number of rotatable bonds is 0. The summed E-state index contributed by atoms with van der Waals surface area (Å²) in [6, 6.07) is 8.63. The van der Waals surface area contributed by atoms with Crippen LogP contribution >= 0.6 is 0 Å². The molecule has 0 heteroatoms. The molecule has 0 nitrogen and oxygen atoms in total. The van der Waals surface area contributed by atoms with Gasteiger partial charge in [-0.2, -0.15) is 0 Å². The minimum absolute atomic E-state index is 1.06. The molecule has 0 heterocycles. The lowest BCUT2D eigenvalue weighted by atomic mass is 9.89. The highest BCUT2D eigenvalue weighted by Gasteiger charge is 2.10. The van der Waals surface area contributed by atoms with Gasteiger partial charge in [-0.3, -0.25) is 0 Å². The molecule has 2 rings (SSSR count). The standard InChI is InChI=1S/C12H12/c1-2-10-7-8-11-5-3-4-6-12(11)9-10/h3-6H,1,7-9H2. The highest BCUT2D eigenvalue weighted by Crippen LogP contribution is 2.23. The Morgan fingerprint density at radius 3 is 2.58 bits per heavy atom. The molecule has 0 fully saturated rings. The Balaban J connectivity index is 2.41. The van der Waals surface area contributed by atoms with Crippen molar-refractivity contribution in [3.63, 3.8) is 0 Å². The Morgan fingerprint density at radius 2 is 1.83 bits per heavy atom. The molecule has 0 spiro atoms. The van der Waals surface area contributed by atoms with E-state index in [1.807, 2.05) is 0 Å². The molecule has 60 valence electrons. The molecule has 0 saturated heterocycles. The van der Waals surface area contributed by atoms with Crippen molar-refractivity contribution in [1.29, 1.82) is 0 Å². The number of fused-ring (bicyclic) bond motifs is 1. The zero-order valence-electron chi connectivity index (χ0n) is 7.14. The van der Waals surface area contributed by atoms with Gasteiger partial charge in [-0.25, -0.2) is 0 Å². The maximum atomic E-state index is 3.70. The van der Waals surface area contributed by atoms with Gasteiger partial charge in [-0.05, 0) is 29.5 Å². The van der Waals surface area contributed by atoms with Crippen molar-refractivity contribution in [2.24, 2.45) is 0 Å². The molecule has 0 atom stereocenters. The Bertz CT molecular complexity index is 341. The van der Waals surface area contributed by atoms with Gasteiger partial charge in [-0.1, -0.05) is 30.8 Å². The number of aryl methyl sites for hydroxylation is 1. The van der Waals surface area contributed by atoms with E-state index >= 15 is 0 Å². The highest BCUT2D eigenvalue weighted by molar-refractivity contribution is 5.34. The lowest BCUT2D eigenvalue weighted by molar-refractivity contribution is 0.839. The van der Waals surface area contributed by atoms with Crippen LogP contribution in [0.3, 0.4) is 0 Å². The molecule has 0 aliphatic heterocycles. The zero-order valence-corrected chi connectivity index (χ0v) is 7.14. The van der Waals surface area contributed by atoms with Crippen molar-refractivity contribution >= 4 is 0 Å². The van der Waals surface area contributed by atoms with E-state index in [4.69, 9.17) is 0 Å². The fourth-order valence-corrected chi connectivity index (χ4v) is 1.73.